The maximum absolute atomic E-state index is 10.1. The Labute approximate surface area is 140 Å². The van der Waals surface area contributed by atoms with E-state index in [1.54, 1.807) is 24.3 Å². The van der Waals surface area contributed by atoms with Crippen molar-refractivity contribution in [1.29, 1.82) is 0 Å². The molecule has 0 radical (unpaired) electrons. The Morgan fingerprint density at radius 1 is 1.30 bits per heavy atom. The van der Waals surface area contributed by atoms with E-state index >= 15 is 0 Å². The van der Waals surface area contributed by atoms with Crippen LogP contribution in [0.5, 0.6) is 11.5 Å². The number of hydrogen-bond donors (Lipinski definition) is 2. The van der Waals surface area contributed by atoms with E-state index in [2.05, 4.69) is 5.10 Å². The van der Waals surface area contributed by atoms with Crippen molar-refractivity contribution in [2.75, 3.05) is 7.11 Å². The number of benzene rings is 2. The fourth-order valence-electron chi connectivity index (χ4n) is 2.70. The number of aromatic hydroxyl groups is 1. The van der Waals surface area contributed by atoms with E-state index in [0.717, 1.165) is 17.0 Å². The summed E-state index contributed by atoms with van der Waals surface area (Å²) in [4.78, 5) is 0. The molecule has 0 aliphatic carbocycles. The molecule has 2 aromatic carbocycles. The second kappa shape index (κ2) is 6.26. The molecule has 1 aliphatic heterocycles. The molecular weight excluding hydrogens is 310 g/mol. The summed E-state index contributed by atoms with van der Waals surface area (Å²) >= 11 is 5.13. The zero-order valence-electron chi connectivity index (χ0n) is 12.6. The van der Waals surface area contributed by atoms with Gasteiger partial charge in [0.1, 0.15) is 11.5 Å². The predicted octanol–water partition coefficient (Wildman–Crippen LogP) is 2.80. The smallest absolute Gasteiger partial charge is 0.187 e. The van der Waals surface area contributed by atoms with Gasteiger partial charge in [-0.25, -0.2) is 5.01 Å². The van der Waals surface area contributed by atoms with Crippen molar-refractivity contribution in [3.63, 3.8) is 0 Å². The number of nitrogens with zero attached hydrogens (tertiary/aromatic N) is 2. The maximum atomic E-state index is 10.1. The number of rotatable bonds is 3. The number of nitrogens with two attached hydrogens (primary N) is 1. The van der Waals surface area contributed by atoms with Crippen molar-refractivity contribution in [2.45, 2.75) is 12.5 Å². The minimum absolute atomic E-state index is 0.114. The molecule has 0 spiro atoms. The third-order valence-corrected chi connectivity index (χ3v) is 4.02. The van der Waals surface area contributed by atoms with E-state index in [1.807, 2.05) is 36.4 Å². The standard InChI is InChI=1S/C17H17N3O2S/c1-22-12-6-4-5-11(9-12)15-10-14(19-20(15)17(18)23)13-7-2-3-8-16(13)21/h2-9,15,21H,10H2,1H3,(H2,18,23). The number of hydrazone groups is 1. The minimum atomic E-state index is -0.114. The van der Waals surface area contributed by atoms with E-state index in [9.17, 15) is 5.11 Å². The van der Waals surface area contributed by atoms with Gasteiger partial charge in [0.15, 0.2) is 5.11 Å². The van der Waals surface area contributed by atoms with Gasteiger partial charge in [-0.1, -0.05) is 24.3 Å². The third-order valence-electron chi connectivity index (χ3n) is 3.83. The molecular formula is C17H17N3O2S. The highest BCUT2D eigenvalue weighted by atomic mass is 32.1. The summed E-state index contributed by atoms with van der Waals surface area (Å²) in [7, 11) is 1.63. The molecule has 0 bridgehead atoms. The molecule has 5 nitrogen and oxygen atoms in total. The van der Waals surface area contributed by atoms with Crippen LogP contribution in [-0.4, -0.2) is 28.0 Å². The molecule has 0 amide bonds. The van der Waals surface area contributed by atoms with Crippen LogP contribution in [-0.2, 0) is 0 Å². The van der Waals surface area contributed by atoms with Crippen molar-refractivity contribution in [3.8, 4) is 11.5 Å². The number of thiocarbonyl (C=S) groups is 1. The van der Waals surface area contributed by atoms with Gasteiger partial charge in [-0.3, -0.25) is 0 Å². The lowest BCUT2D eigenvalue weighted by molar-refractivity contribution is 0.369. The quantitative estimate of drug-likeness (QED) is 0.848. The summed E-state index contributed by atoms with van der Waals surface area (Å²) in [6.45, 7) is 0. The lowest BCUT2D eigenvalue weighted by Crippen LogP contribution is -2.31. The van der Waals surface area contributed by atoms with Gasteiger partial charge in [-0.05, 0) is 42.0 Å². The molecule has 118 valence electrons. The summed E-state index contributed by atoms with van der Waals surface area (Å²) in [5.41, 5.74) is 8.28. The van der Waals surface area contributed by atoms with Crippen LogP contribution in [0.2, 0.25) is 0 Å². The summed E-state index contributed by atoms with van der Waals surface area (Å²) < 4.78 is 5.28. The Bertz CT molecular complexity index is 776. The van der Waals surface area contributed by atoms with Crippen LogP contribution in [0.15, 0.2) is 53.6 Å². The Kier molecular flexibility index (Phi) is 4.16. The Morgan fingerprint density at radius 3 is 2.78 bits per heavy atom. The van der Waals surface area contributed by atoms with Crippen LogP contribution in [0.3, 0.4) is 0 Å². The van der Waals surface area contributed by atoms with Crippen LogP contribution >= 0.6 is 12.2 Å². The molecule has 1 aliphatic rings. The first-order valence-corrected chi connectivity index (χ1v) is 7.59. The first kappa shape index (κ1) is 15.3. The Balaban J connectivity index is 1.97. The maximum Gasteiger partial charge on any atom is 0.187 e. The molecule has 1 unspecified atom stereocenters. The molecule has 6 heteroatoms. The SMILES string of the molecule is COc1cccc(C2CC(c3ccccc3O)=NN2C(N)=S)c1. The highest BCUT2D eigenvalue weighted by Crippen LogP contribution is 2.35. The number of para-hydroxylation sites is 1. The van der Waals surface area contributed by atoms with Gasteiger partial charge in [-0.2, -0.15) is 5.10 Å². The van der Waals surface area contributed by atoms with Gasteiger partial charge in [0.05, 0.1) is 18.9 Å². The summed E-state index contributed by atoms with van der Waals surface area (Å²) in [5, 5.41) is 16.4. The summed E-state index contributed by atoms with van der Waals surface area (Å²) in [6.07, 6.45) is 0.599. The van der Waals surface area contributed by atoms with Crippen molar-refractivity contribution in [1.82, 2.24) is 5.01 Å². The monoisotopic (exact) mass is 327 g/mol. The van der Waals surface area contributed by atoms with Crippen LogP contribution in [0, 0.1) is 0 Å². The third kappa shape index (κ3) is 2.98. The average molecular weight is 327 g/mol. The minimum Gasteiger partial charge on any atom is -0.507 e. The second-order valence-corrected chi connectivity index (χ2v) is 5.66. The van der Waals surface area contributed by atoms with Crippen molar-refractivity contribution in [3.05, 3.63) is 59.7 Å². The lowest BCUT2D eigenvalue weighted by Gasteiger charge is -2.22. The first-order chi connectivity index (χ1) is 11.1. The molecule has 1 heterocycles. The number of hydrogen-bond acceptors (Lipinski definition) is 4. The van der Waals surface area contributed by atoms with Crippen molar-refractivity contribution < 1.29 is 9.84 Å². The van der Waals surface area contributed by atoms with Crippen LogP contribution in [0.1, 0.15) is 23.6 Å². The van der Waals surface area contributed by atoms with Gasteiger partial charge in [-0.15, -0.1) is 0 Å². The summed E-state index contributed by atoms with van der Waals surface area (Å²) in [5.74, 6) is 0.960. The molecule has 3 N–H and O–H groups in total. The van der Waals surface area contributed by atoms with Crippen LogP contribution < -0.4 is 10.5 Å². The number of phenols is 1. The molecule has 3 rings (SSSR count). The van der Waals surface area contributed by atoms with E-state index in [4.69, 9.17) is 22.7 Å². The van der Waals surface area contributed by atoms with Crippen LogP contribution in [0.25, 0.3) is 0 Å². The molecule has 23 heavy (non-hydrogen) atoms. The fourth-order valence-corrected chi connectivity index (χ4v) is 2.87. The summed E-state index contributed by atoms with van der Waals surface area (Å²) in [6, 6.07) is 14.7. The molecule has 2 aromatic rings. The van der Waals surface area contributed by atoms with Gasteiger partial charge in [0, 0.05) is 12.0 Å². The highest BCUT2D eigenvalue weighted by Gasteiger charge is 2.31. The molecule has 0 fully saturated rings. The van der Waals surface area contributed by atoms with E-state index in [0.29, 0.717) is 12.0 Å². The van der Waals surface area contributed by atoms with E-state index in [-0.39, 0.29) is 16.9 Å². The highest BCUT2D eigenvalue weighted by molar-refractivity contribution is 7.80. The largest absolute Gasteiger partial charge is 0.507 e. The molecule has 0 aromatic heterocycles. The lowest BCUT2D eigenvalue weighted by atomic mass is 9.98. The first-order valence-electron chi connectivity index (χ1n) is 7.18. The van der Waals surface area contributed by atoms with Crippen LogP contribution in [0.4, 0.5) is 0 Å². The number of methoxy groups -OCH3 is 1. The van der Waals surface area contributed by atoms with E-state index < -0.39 is 0 Å². The number of phenolic OH excluding ortho intramolecular Hbond substituents is 1. The molecule has 0 saturated heterocycles. The Hall–Kier alpha value is -2.60. The molecule has 1 atom stereocenters. The fraction of sp³-hybridized carbons (Fsp3) is 0.176. The van der Waals surface area contributed by atoms with Gasteiger partial charge >= 0.3 is 0 Å². The number of ether oxygens (including phenoxy) is 1. The van der Waals surface area contributed by atoms with E-state index in [1.165, 1.54) is 0 Å². The Morgan fingerprint density at radius 2 is 2.09 bits per heavy atom. The van der Waals surface area contributed by atoms with Crippen molar-refractivity contribution >= 4 is 23.0 Å². The average Bonchev–Trinajstić information content (AvgIpc) is 3.01. The van der Waals surface area contributed by atoms with Crippen molar-refractivity contribution in [2.24, 2.45) is 10.8 Å². The topological polar surface area (TPSA) is 71.1 Å². The van der Waals surface area contributed by atoms with Gasteiger partial charge in [0.2, 0.25) is 0 Å². The molecule has 0 saturated carbocycles. The zero-order chi connectivity index (χ0) is 16.4. The van der Waals surface area contributed by atoms with Gasteiger partial charge in [0.25, 0.3) is 0 Å². The second-order valence-electron chi connectivity index (χ2n) is 5.24. The normalized spacial score (nSPS) is 17.0. The predicted molar refractivity (Wildman–Crippen MR) is 93.6 cm³/mol. The van der Waals surface area contributed by atoms with Gasteiger partial charge < -0.3 is 15.6 Å². The zero-order valence-corrected chi connectivity index (χ0v) is 13.5.